The van der Waals surface area contributed by atoms with Crippen molar-refractivity contribution in [3.63, 3.8) is 0 Å². The van der Waals surface area contributed by atoms with E-state index in [-0.39, 0.29) is 42.3 Å². The van der Waals surface area contributed by atoms with Gasteiger partial charge in [0.25, 0.3) is 11.8 Å². The molecule has 2 aromatic carbocycles. The van der Waals surface area contributed by atoms with E-state index in [0.29, 0.717) is 6.54 Å². The van der Waals surface area contributed by atoms with Gasteiger partial charge < -0.3 is 29.6 Å². The number of hydrogen-bond donors (Lipinski definition) is 2. The Balaban J connectivity index is 1.32. The quantitative estimate of drug-likeness (QED) is 0.451. The predicted molar refractivity (Wildman–Crippen MR) is 139 cm³/mol. The summed E-state index contributed by atoms with van der Waals surface area (Å²) in [6, 6.07) is 14.8. The molecule has 5 rings (SSSR count). The lowest BCUT2D eigenvalue weighted by Gasteiger charge is -2.44. The molecule has 1 atom stereocenters. The van der Waals surface area contributed by atoms with Crippen molar-refractivity contribution in [3.05, 3.63) is 77.4 Å². The fourth-order valence-corrected chi connectivity index (χ4v) is 4.85. The molecule has 0 spiro atoms. The molecule has 2 N–H and O–H groups in total. The Morgan fingerprint density at radius 1 is 0.947 bits per heavy atom. The standard InChI is InChI=1S/C28H31N5O5/c1-28(27(36)30-15-19-6-12-22(38-3)13-7-19)16-32-17-31-23(24(32)26(35)33(28)20-8-9-20)25(34)29-14-18-4-10-21(37-2)11-5-18/h4-7,10-13,17,20H,8-9,14-16H2,1-3H3,(H,29,34)(H,30,36). The number of rotatable bonds is 9. The highest BCUT2D eigenvalue weighted by Crippen LogP contribution is 2.39. The van der Waals surface area contributed by atoms with Crippen LogP contribution in [-0.2, 0) is 24.4 Å². The van der Waals surface area contributed by atoms with Gasteiger partial charge in [-0.2, -0.15) is 0 Å². The third-order valence-corrected chi connectivity index (χ3v) is 7.11. The molecular weight excluding hydrogens is 486 g/mol. The Morgan fingerprint density at radius 2 is 1.50 bits per heavy atom. The van der Waals surface area contributed by atoms with Gasteiger partial charge in [0.2, 0.25) is 5.91 Å². The van der Waals surface area contributed by atoms with E-state index < -0.39 is 11.4 Å². The van der Waals surface area contributed by atoms with E-state index in [1.54, 1.807) is 30.6 Å². The summed E-state index contributed by atoms with van der Waals surface area (Å²) in [6.45, 7) is 2.58. The number of benzene rings is 2. The van der Waals surface area contributed by atoms with Crippen LogP contribution in [0.15, 0.2) is 54.9 Å². The van der Waals surface area contributed by atoms with Gasteiger partial charge in [-0.1, -0.05) is 24.3 Å². The number of nitrogens with one attached hydrogen (secondary N) is 2. The maximum atomic E-state index is 13.8. The number of hydrogen-bond acceptors (Lipinski definition) is 6. The Bertz CT molecular complexity index is 1350. The van der Waals surface area contributed by atoms with Crippen LogP contribution < -0.4 is 20.1 Å². The summed E-state index contributed by atoms with van der Waals surface area (Å²) in [5.41, 5.74) is 0.968. The summed E-state index contributed by atoms with van der Waals surface area (Å²) < 4.78 is 12.0. The molecule has 0 saturated heterocycles. The number of ether oxygens (including phenoxy) is 2. The molecule has 198 valence electrons. The van der Waals surface area contributed by atoms with Crippen LogP contribution in [0.3, 0.4) is 0 Å². The fraction of sp³-hybridized carbons (Fsp3) is 0.357. The summed E-state index contributed by atoms with van der Waals surface area (Å²) >= 11 is 0. The first-order valence-electron chi connectivity index (χ1n) is 12.5. The molecule has 1 aliphatic carbocycles. The topological polar surface area (TPSA) is 115 Å². The molecule has 0 bridgehead atoms. The van der Waals surface area contributed by atoms with Crippen LogP contribution in [0.5, 0.6) is 11.5 Å². The molecule has 2 heterocycles. The van der Waals surface area contributed by atoms with Gasteiger partial charge in [-0.15, -0.1) is 0 Å². The summed E-state index contributed by atoms with van der Waals surface area (Å²) in [7, 11) is 3.20. The van der Waals surface area contributed by atoms with Crippen molar-refractivity contribution in [2.45, 2.75) is 51.0 Å². The highest BCUT2D eigenvalue weighted by atomic mass is 16.5. The summed E-state index contributed by atoms with van der Waals surface area (Å²) in [4.78, 5) is 46.2. The minimum absolute atomic E-state index is 0.0434. The number of aromatic nitrogens is 2. The summed E-state index contributed by atoms with van der Waals surface area (Å²) in [5.74, 6) is 0.420. The highest BCUT2D eigenvalue weighted by Gasteiger charge is 2.53. The van der Waals surface area contributed by atoms with Crippen molar-refractivity contribution in [1.29, 1.82) is 0 Å². The van der Waals surface area contributed by atoms with Gasteiger partial charge in [-0.3, -0.25) is 14.4 Å². The summed E-state index contributed by atoms with van der Waals surface area (Å²) in [5, 5.41) is 5.84. The third kappa shape index (κ3) is 4.81. The first-order valence-corrected chi connectivity index (χ1v) is 12.5. The van der Waals surface area contributed by atoms with E-state index in [0.717, 1.165) is 35.5 Å². The van der Waals surface area contributed by atoms with Crippen LogP contribution in [0, 0.1) is 0 Å². The van der Waals surface area contributed by atoms with E-state index >= 15 is 0 Å². The largest absolute Gasteiger partial charge is 0.497 e. The molecule has 1 unspecified atom stereocenters. The number of nitrogens with zero attached hydrogens (tertiary/aromatic N) is 3. The second kappa shape index (κ2) is 10.2. The second-order valence-electron chi connectivity index (χ2n) is 9.81. The van der Waals surface area contributed by atoms with Crippen molar-refractivity contribution in [2.24, 2.45) is 0 Å². The first-order chi connectivity index (χ1) is 18.3. The van der Waals surface area contributed by atoms with Crippen molar-refractivity contribution in [1.82, 2.24) is 25.1 Å². The molecule has 3 amide bonds. The van der Waals surface area contributed by atoms with E-state index in [4.69, 9.17) is 9.47 Å². The first kappa shape index (κ1) is 25.3. The maximum absolute atomic E-state index is 13.8. The van der Waals surface area contributed by atoms with Crippen LogP contribution >= 0.6 is 0 Å². The van der Waals surface area contributed by atoms with Gasteiger partial charge in [0.15, 0.2) is 5.69 Å². The molecule has 10 heteroatoms. The number of methoxy groups -OCH3 is 2. The highest BCUT2D eigenvalue weighted by molar-refractivity contribution is 6.07. The average molecular weight is 518 g/mol. The van der Waals surface area contributed by atoms with E-state index in [1.165, 1.54) is 6.33 Å². The Kier molecular flexibility index (Phi) is 6.79. The zero-order valence-corrected chi connectivity index (χ0v) is 21.7. The fourth-order valence-electron chi connectivity index (χ4n) is 4.85. The van der Waals surface area contributed by atoms with Crippen molar-refractivity contribution in [2.75, 3.05) is 14.2 Å². The van der Waals surface area contributed by atoms with Crippen LogP contribution in [0.2, 0.25) is 0 Å². The van der Waals surface area contributed by atoms with Crippen molar-refractivity contribution < 1.29 is 23.9 Å². The lowest BCUT2D eigenvalue weighted by molar-refractivity contribution is -0.133. The second-order valence-corrected chi connectivity index (χ2v) is 9.81. The zero-order chi connectivity index (χ0) is 26.9. The molecule has 1 aromatic heterocycles. The third-order valence-electron chi connectivity index (χ3n) is 7.11. The van der Waals surface area contributed by atoms with Crippen molar-refractivity contribution >= 4 is 17.7 Å². The maximum Gasteiger partial charge on any atom is 0.274 e. The minimum atomic E-state index is -1.12. The van der Waals surface area contributed by atoms with Gasteiger partial charge in [-0.25, -0.2) is 4.98 Å². The van der Waals surface area contributed by atoms with E-state index in [9.17, 15) is 14.4 Å². The zero-order valence-electron chi connectivity index (χ0n) is 21.7. The number of imidazole rings is 1. The van der Waals surface area contributed by atoms with Gasteiger partial charge in [-0.05, 0) is 55.2 Å². The Morgan fingerprint density at radius 3 is 2.03 bits per heavy atom. The number of carbonyl (C=O) groups excluding carboxylic acids is 3. The normalized spacial score (nSPS) is 18.5. The van der Waals surface area contributed by atoms with Gasteiger partial charge in [0, 0.05) is 19.1 Å². The smallest absolute Gasteiger partial charge is 0.274 e. The van der Waals surface area contributed by atoms with Crippen LogP contribution in [0.4, 0.5) is 0 Å². The van der Waals surface area contributed by atoms with E-state index in [1.807, 2.05) is 48.5 Å². The lowest BCUT2D eigenvalue weighted by atomic mass is 9.93. The molecule has 0 radical (unpaired) electrons. The molecule has 38 heavy (non-hydrogen) atoms. The van der Waals surface area contributed by atoms with Crippen molar-refractivity contribution in [3.8, 4) is 11.5 Å². The molecule has 1 fully saturated rings. The Labute approximate surface area is 220 Å². The van der Waals surface area contributed by atoms with Gasteiger partial charge in [0.05, 0.1) is 27.1 Å². The SMILES string of the molecule is COc1ccc(CNC(=O)c2ncn3c2C(=O)N(C2CC2)C(C)(C(=O)NCc2ccc(OC)cc2)C3)cc1. The summed E-state index contributed by atoms with van der Waals surface area (Å²) in [6.07, 6.45) is 3.11. The number of fused-ring (bicyclic) bond motifs is 1. The average Bonchev–Trinajstić information content (AvgIpc) is 3.68. The molecular formula is C28H31N5O5. The monoisotopic (exact) mass is 517 g/mol. The molecule has 3 aromatic rings. The van der Waals surface area contributed by atoms with Gasteiger partial charge in [0.1, 0.15) is 22.7 Å². The number of amides is 3. The molecule has 1 saturated carbocycles. The Hall–Kier alpha value is -4.34. The van der Waals surface area contributed by atoms with Crippen LogP contribution in [0.1, 0.15) is 51.9 Å². The van der Waals surface area contributed by atoms with E-state index in [2.05, 4.69) is 15.6 Å². The molecule has 2 aliphatic rings. The number of carbonyl (C=O) groups is 3. The lowest BCUT2D eigenvalue weighted by Crippen LogP contribution is -2.64. The van der Waals surface area contributed by atoms with Crippen LogP contribution in [-0.4, -0.2) is 58.0 Å². The predicted octanol–water partition coefficient (Wildman–Crippen LogP) is 2.52. The van der Waals surface area contributed by atoms with Gasteiger partial charge >= 0.3 is 0 Å². The molecule has 1 aliphatic heterocycles. The van der Waals surface area contributed by atoms with Crippen LogP contribution in [0.25, 0.3) is 0 Å². The molecule has 10 nitrogen and oxygen atoms in total. The minimum Gasteiger partial charge on any atom is -0.497 e.